The highest BCUT2D eigenvalue weighted by Gasteiger charge is 2.10. The molecule has 0 aliphatic heterocycles. The number of carboxylic acids is 1. The van der Waals surface area contributed by atoms with E-state index in [0.717, 1.165) is 4.57 Å². The minimum absolute atomic E-state index is 0.343. The molecule has 0 spiro atoms. The molecular weight excluding hydrogens is 250 g/mol. The summed E-state index contributed by atoms with van der Waals surface area (Å²) in [5, 5.41) is 9.40. The van der Waals surface area contributed by atoms with Crippen molar-refractivity contribution in [3.05, 3.63) is 46.2 Å². The second-order valence-corrected chi connectivity index (χ2v) is 3.92. The molecule has 0 radical (unpaired) electrons. The highest BCUT2D eigenvalue weighted by atomic mass is 16.5. The van der Waals surface area contributed by atoms with Crippen molar-refractivity contribution < 1.29 is 19.4 Å². The van der Waals surface area contributed by atoms with Crippen LogP contribution in [0.5, 0.6) is 0 Å². The number of ether oxygens (including phenoxy) is 1. The topological polar surface area (TPSA) is 85.6 Å². The highest BCUT2D eigenvalue weighted by molar-refractivity contribution is 5.94. The molecule has 1 heterocycles. The largest absolute Gasteiger partial charge is 0.480 e. The van der Waals surface area contributed by atoms with E-state index in [1.54, 1.807) is 12.1 Å². The Labute approximate surface area is 107 Å². The Morgan fingerprint density at radius 1 is 1.26 bits per heavy atom. The first-order chi connectivity index (χ1) is 9.02. The number of pyridine rings is 1. The van der Waals surface area contributed by atoms with Gasteiger partial charge in [0.25, 0.3) is 5.56 Å². The zero-order chi connectivity index (χ0) is 14.0. The summed E-state index contributed by atoms with van der Waals surface area (Å²) in [7, 11) is 1.28. The number of carbonyl (C=O) groups is 2. The maximum atomic E-state index is 11.7. The van der Waals surface area contributed by atoms with Gasteiger partial charge in [0.2, 0.25) is 0 Å². The van der Waals surface area contributed by atoms with Gasteiger partial charge in [-0.25, -0.2) is 4.79 Å². The zero-order valence-electron chi connectivity index (χ0n) is 10.1. The number of aliphatic carboxylic acids is 1. The second kappa shape index (κ2) is 4.93. The molecule has 19 heavy (non-hydrogen) atoms. The van der Waals surface area contributed by atoms with Crippen molar-refractivity contribution in [1.29, 1.82) is 0 Å². The molecule has 0 fully saturated rings. The number of hydrogen-bond acceptors (Lipinski definition) is 4. The molecule has 6 nitrogen and oxygen atoms in total. The predicted molar refractivity (Wildman–Crippen MR) is 67.2 cm³/mol. The van der Waals surface area contributed by atoms with E-state index in [1.807, 2.05) is 0 Å². The molecule has 1 aromatic carbocycles. The lowest BCUT2D eigenvalue weighted by molar-refractivity contribution is -0.137. The van der Waals surface area contributed by atoms with Gasteiger partial charge in [-0.05, 0) is 29.7 Å². The van der Waals surface area contributed by atoms with Gasteiger partial charge in [-0.3, -0.25) is 14.2 Å². The van der Waals surface area contributed by atoms with Crippen LogP contribution in [-0.2, 0) is 16.1 Å². The summed E-state index contributed by atoms with van der Waals surface area (Å²) < 4.78 is 5.74. The maximum absolute atomic E-state index is 11.7. The maximum Gasteiger partial charge on any atom is 0.337 e. The Bertz CT molecular complexity index is 717. The fourth-order valence-corrected chi connectivity index (χ4v) is 1.85. The lowest BCUT2D eigenvalue weighted by Gasteiger charge is -2.08. The predicted octanol–water partition coefficient (Wildman–Crippen LogP) is 0.873. The third-order valence-electron chi connectivity index (χ3n) is 2.70. The zero-order valence-corrected chi connectivity index (χ0v) is 10.1. The minimum atomic E-state index is -1.10. The standard InChI is InChI=1S/C13H11NO5/c1-19-13(18)9-2-4-10-8(6-9)3-5-11(15)14(10)7-12(16)17/h2-6H,7H2,1H3,(H,16,17). The molecule has 6 heteroatoms. The Morgan fingerprint density at radius 3 is 2.63 bits per heavy atom. The smallest absolute Gasteiger partial charge is 0.337 e. The van der Waals surface area contributed by atoms with E-state index in [9.17, 15) is 14.4 Å². The fraction of sp³-hybridized carbons (Fsp3) is 0.154. The van der Waals surface area contributed by atoms with Crippen LogP contribution in [0.3, 0.4) is 0 Å². The highest BCUT2D eigenvalue weighted by Crippen LogP contribution is 2.15. The summed E-state index contributed by atoms with van der Waals surface area (Å²) >= 11 is 0. The second-order valence-electron chi connectivity index (χ2n) is 3.92. The fourth-order valence-electron chi connectivity index (χ4n) is 1.85. The van der Waals surface area contributed by atoms with Crippen molar-refractivity contribution in [3.8, 4) is 0 Å². The van der Waals surface area contributed by atoms with Crippen LogP contribution < -0.4 is 5.56 Å². The van der Waals surface area contributed by atoms with Crippen molar-refractivity contribution in [2.45, 2.75) is 6.54 Å². The first kappa shape index (κ1) is 12.8. The Morgan fingerprint density at radius 2 is 2.00 bits per heavy atom. The molecule has 0 amide bonds. The molecule has 98 valence electrons. The molecule has 0 saturated carbocycles. The number of esters is 1. The molecule has 0 aliphatic carbocycles. The normalized spacial score (nSPS) is 10.4. The number of hydrogen-bond donors (Lipinski definition) is 1. The molecular formula is C13H11NO5. The average molecular weight is 261 g/mol. The third kappa shape index (κ3) is 2.47. The number of methoxy groups -OCH3 is 1. The van der Waals surface area contributed by atoms with Gasteiger partial charge in [0.15, 0.2) is 0 Å². The summed E-state index contributed by atoms with van der Waals surface area (Å²) in [5.74, 6) is -1.59. The molecule has 0 aliphatic rings. The lowest BCUT2D eigenvalue weighted by atomic mass is 10.1. The van der Waals surface area contributed by atoms with Crippen LogP contribution in [0.25, 0.3) is 10.9 Å². The molecule has 0 atom stereocenters. The third-order valence-corrected chi connectivity index (χ3v) is 2.70. The number of carbonyl (C=O) groups excluding carboxylic acids is 1. The molecule has 1 N–H and O–H groups in total. The molecule has 0 saturated heterocycles. The van der Waals surface area contributed by atoms with Crippen molar-refractivity contribution in [3.63, 3.8) is 0 Å². The van der Waals surface area contributed by atoms with E-state index in [0.29, 0.717) is 16.5 Å². The summed E-state index contributed by atoms with van der Waals surface area (Å²) in [6.45, 7) is -0.423. The van der Waals surface area contributed by atoms with E-state index < -0.39 is 24.0 Å². The molecule has 2 rings (SSSR count). The number of nitrogens with zero attached hydrogens (tertiary/aromatic N) is 1. The summed E-state index contributed by atoms with van der Waals surface area (Å²) in [5.41, 5.74) is 0.402. The van der Waals surface area contributed by atoms with Crippen LogP contribution in [-0.4, -0.2) is 28.7 Å². The minimum Gasteiger partial charge on any atom is -0.480 e. The Kier molecular flexibility index (Phi) is 3.33. The van der Waals surface area contributed by atoms with Gasteiger partial charge in [-0.2, -0.15) is 0 Å². The van der Waals surface area contributed by atoms with Gasteiger partial charge in [-0.1, -0.05) is 0 Å². The van der Waals surface area contributed by atoms with E-state index in [-0.39, 0.29) is 0 Å². The molecule has 2 aromatic rings. The molecule has 0 bridgehead atoms. The van der Waals surface area contributed by atoms with Gasteiger partial charge in [0.05, 0.1) is 18.2 Å². The van der Waals surface area contributed by atoms with Crippen molar-refractivity contribution in [2.24, 2.45) is 0 Å². The van der Waals surface area contributed by atoms with Crippen LogP contribution in [0, 0.1) is 0 Å². The Hall–Kier alpha value is -2.63. The van der Waals surface area contributed by atoms with E-state index in [1.165, 1.54) is 25.3 Å². The van der Waals surface area contributed by atoms with E-state index >= 15 is 0 Å². The molecule has 0 unspecified atom stereocenters. The summed E-state index contributed by atoms with van der Waals surface area (Å²) in [6.07, 6.45) is 0. The van der Waals surface area contributed by atoms with Crippen molar-refractivity contribution >= 4 is 22.8 Å². The SMILES string of the molecule is COC(=O)c1ccc2c(ccc(=O)n2CC(=O)O)c1. The quantitative estimate of drug-likeness (QED) is 0.829. The lowest BCUT2D eigenvalue weighted by Crippen LogP contribution is -2.23. The van der Waals surface area contributed by atoms with Crippen LogP contribution >= 0.6 is 0 Å². The van der Waals surface area contributed by atoms with Gasteiger partial charge in [-0.15, -0.1) is 0 Å². The van der Waals surface area contributed by atoms with E-state index in [4.69, 9.17) is 5.11 Å². The number of benzene rings is 1. The van der Waals surface area contributed by atoms with Crippen LogP contribution in [0.1, 0.15) is 10.4 Å². The average Bonchev–Trinajstić information content (AvgIpc) is 2.40. The summed E-state index contributed by atoms with van der Waals surface area (Å²) in [4.78, 5) is 33.8. The van der Waals surface area contributed by atoms with E-state index in [2.05, 4.69) is 4.74 Å². The van der Waals surface area contributed by atoms with Crippen molar-refractivity contribution in [2.75, 3.05) is 7.11 Å². The van der Waals surface area contributed by atoms with Crippen LogP contribution in [0.2, 0.25) is 0 Å². The first-order valence-electron chi connectivity index (χ1n) is 5.46. The summed E-state index contributed by atoms with van der Waals surface area (Å²) in [6, 6.07) is 7.39. The van der Waals surface area contributed by atoms with Crippen molar-refractivity contribution in [1.82, 2.24) is 4.57 Å². The molecule has 1 aromatic heterocycles. The number of aromatic nitrogens is 1. The van der Waals surface area contributed by atoms with Crippen LogP contribution in [0.4, 0.5) is 0 Å². The van der Waals surface area contributed by atoms with Crippen LogP contribution in [0.15, 0.2) is 35.1 Å². The van der Waals surface area contributed by atoms with Gasteiger partial charge >= 0.3 is 11.9 Å². The number of fused-ring (bicyclic) bond motifs is 1. The number of carboxylic acid groups (broad SMARTS) is 1. The monoisotopic (exact) mass is 261 g/mol. The van der Waals surface area contributed by atoms with Gasteiger partial charge in [0, 0.05) is 6.07 Å². The first-order valence-corrected chi connectivity index (χ1v) is 5.46. The van der Waals surface area contributed by atoms with Gasteiger partial charge in [0.1, 0.15) is 6.54 Å². The number of rotatable bonds is 3. The Balaban J connectivity index is 2.64. The van der Waals surface area contributed by atoms with Gasteiger partial charge < -0.3 is 9.84 Å².